The van der Waals surface area contributed by atoms with Crippen molar-refractivity contribution in [2.24, 2.45) is 4.99 Å². The summed E-state index contributed by atoms with van der Waals surface area (Å²) in [6, 6.07) is 4.14. The summed E-state index contributed by atoms with van der Waals surface area (Å²) in [6.07, 6.45) is 1.15. The van der Waals surface area contributed by atoms with Crippen LogP contribution in [0.4, 0.5) is 0 Å². The SMILES string of the molecule is CN=C(NCc1cc2c(cc1OC)CC(C)O2)NCc1sc(C)nc1C. The molecule has 7 heteroatoms. The van der Waals surface area contributed by atoms with E-state index in [-0.39, 0.29) is 6.10 Å². The second-order valence-corrected chi connectivity index (χ2v) is 7.71. The van der Waals surface area contributed by atoms with Gasteiger partial charge in [0.2, 0.25) is 0 Å². The normalized spacial score (nSPS) is 16.2. The number of guanidine groups is 1. The van der Waals surface area contributed by atoms with E-state index in [0.29, 0.717) is 13.1 Å². The highest BCUT2D eigenvalue weighted by molar-refractivity contribution is 7.11. The molecule has 0 fully saturated rings. The maximum Gasteiger partial charge on any atom is 0.191 e. The van der Waals surface area contributed by atoms with Gasteiger partial charge in [0.15, 0.2) is 5.96 Å². The number of benzene rings is 1. The Bertz CT molecular complexity index is 816. The Balaban J connectivity index is 1.63. The molecule has 0 bridgehead atoms. The van der Waals surface area contributed by atoms with Gasteiger partial charge in [-0.15, -0.1) is 11.3 Å². The first-order valence-electron chi connectivity index (χ1n) is 8.74. The van der Waals surface area contributed by atoms with Crippen LogP contribution in [-0.4, -0.2) is 31.2 Å². The van der Waals surface area contributed by atoms with E-state index in [0.717, 1.165) is 40.1 Å². The molecule has 2 N–H and O–H groups in total. The van der Waals surface area contributed by atoms with E-state index in [9.17, 15) is 0 Å². The van der Waals surface area contributed by atoms with Crippen LogP contribution in [0.1, 0.15) is 33.6 Å². The smallest absolute Gasteiger partial charge is 0.191 e. The molecular formula is C19H26N4O2S. The van der Waals surface area contributed by atoms with Crippen LogP contribution in [0.15, 0.2) is 17.1 Å². The number of fused-ring (bicyclic) bond motifs is 1. The van der Waals surface area contributed by atoms with Gasteiger partial charge in [-0.2, -0.15) is 0 Å². The van der Waals surface area contributed by atoms with Gasteiger partial charge in [-0.25, -0.2) is 4.98 Å². The fourth-order valence-electron chi connectivity index (χ4n) is 3.11. The van der Waals surface area contributed by atoms with Crippen molar-refractivity contribution in [1.82, 2.24) is 15.6 Å². The Hall–Kier alpha value is -2.28. The molecule has 1 aliphatic rings. The molecule has 1 aliphatic heterocycles. The number of ether oxygens (including phenoxy) is 2. The van der Waals surface area contributed by atoms with Crippen LogP contribution < -0.4 is 20.1 Å². The van der Waals surface area contributed by atoms with E-state index >= 15 is 0 Å². The fraction of sp³-hybridized carbons (Fsp3) is 0.474. The second-order valence-electron chi connectivity index (χ2n) is 6.43. The molecule has 1 unspecified atom stereocenters. The summed E-state index contributed by atoms with van der Waals surface area (Å²) in [5.74, 6) is 2.57. The lowest BCUT2D eigenvalue weighted by Crippen LogP contribution is -2.36. The van der Waals surface area contributed by atoms with Gasteiger partial charge in [-0.1, -0.05) is 0 Å². The quantitative estimate of drug-likeness (QED) is 0.622. The third kappa shape index (κ3) is 4.09. The van der Waals surface area contributed by atoms with E-state index in [1.165, 1.54) is 10.4 Å². The molecule has 6 nitrogen and oxygen atoms in total. The van der Waals surface area contributed by atoms with Crippen LogP contribution in [0, 0.1) is 13.8 Å². The van der Waals surface area contributed by atoms with Crippen molar-refractivity contribution in [2.45, 2.75) is 46.4 Å². The Kier molecular flexibility index (Phi) is 5.66. The van der Waals surface area contributed by atoms with Crippen LogP contribution in [-0.2, 0) is 19.5 Å². The van der Waals surface area contributed by atoms with Crippen LogP contribution >= 0.6 is 11.3 Å². The van der Waals surface area contributed by atoms with Gasteiger partial charge in [-0.3, -0.25) is 4.99 Å². The van der Waals surface area contributed by atoms with Crippen molar-refractivity contribution >= 4 is 17.3 Å². The highest BCUT2D eigenvalue weighted by Gasteiger charge is 2.21. The molecule has 26 heavy (non-hydrogen) atoms. The standard InChI is InChI=1S/C19H26N4O2S/c1-11-6-14-7-16(24-5)15(8-17(14)25-11)9-21-19(20-4)22-10-18-12(2)23-13(3)26-18/h7-8,11H,6,9-10H2,1-5H3,(H2,20,21,22). The molecule has 0 saturated carbocycles. The summed E-state index contributed by atoms with van der Waals surface area (Å²) in [4.78, 5) is 9.98. The number of hydrogen-bond acceptors (Lipinski definition) is 5. The third-order valence-corrected chi connectivity index (χ3v) is 5.46. The number of methoxy groups -OCH3 is 1. The summed E-state index contributed by atoms with van der Waals surface area (Å²) in [6.45, 7) is 7.46. The number of nitrogens with one attached hydrogen (secondary N) is 2. The maximum atomic E-state index is 5.87. The fourth-order valence-corrected chi connectivity index (χ4v) is 3.99. The zero-order valence-corrected chi connectivity index (χ0v) is 16.8. The van der Waals surface area contributed by atoms with Gasteiger partial charge in [0.05, 0.1) is 24.4 Å². The molecule has 2 heterocycles. The minimum Gasteiger partial charge on any atom is -0.496 e. The lowest BCUT2D eigenvalue weighted by atomic mass is 10.1. The van der Waals surface area contributed by atoms with Crippen LogP contribution in [0.5, 0.6) is 11.5 Å². The third-order valence-electron chi connectivity index (χ3n) is 4.38. The van der Waals surface area contributed by atoms with E-state index in [4.69, 9.17) is 9.47 Å². The number of aromatic nitrogens is 1. The lowest BCUT2D eigenvalue weighted by Gasteiger charge is -2.15. The van der Waals surface area contributed by atoms with Gasteiger partial charge in [0, 0.05) is 36.0 Å². The summed E-state index contributed by atoms with van der Waals surface area (Å²) in [7, 11) is 3.47. The Morgan fingerprint density at radius 1 is 1.35 bits per heavy atom. The summed E-state index contributed by atoms with van der Waals surface area (Å²) >= 11 is 1.71. The molecule has 0 saturated heterocycles. The summed E-state index contributed by atoms with van der Waals surface area (Å²) < 4.78 is 11.4. The monoisotopic (exact) mass is 374 g/mol. The van der Waals surface area contributed by atoms with Gasteiger partial charge in [0.25, 0.3) is 0 Å². The van der Waals surface area contributed by atoms with Crippen molar-refractivity contribution in [3.63, 3.8) is 0 Å². The summed E-state index contributed by atoms with van der Waals surface area (Å²) in [5, 5.41) is 7.77. The Morgan fingerprint density at radius 3 is 2.77 bits per heavy atom. The first-order valence-corrected chi connectivity index (χ1v) is 9.55. The number of nitrogens with zero attached hydrogens (tertiary/aromatic N) is 2. The molecule has 2 aromatic rings. The molecule has 1 aromatic heterocycles. The van der Waals surface area contributed by atoms with Gasteiger partial charge in [-0.05, 0) is 32.9 Å². The first kappa shape index (κ1) is 18.5. The van der Waals surface area contributed by atoms with Crippen LogP contribution in [0.3, 0.4) is 0 Å². The van der Waals surface area contributed by atoms with E-state index in [1.807, 2.05) is 13.8 Å². The highest BCUT2D eigenvalue weighted by atomic mass is 32.1. The number of hydrogen-bond donors (Lipinski definition) is 2. The molecule has 140 valence electrons. The largest absolute Gasteiger partial charge is 0.496 e. The van der Waals surface area contributed by atoms with E-state index < -0.39 is 0 Å². The molecule has 1 atom stereocenters. The molecule has 0 radical (unpaired) electrons. The summed E-state index contributed by atoms with van der Waals surface area (Å²) in [5.41, 5.74) is 3.33. The number of thiazole rings is 1. The van der Waals surface area contributed by atoms with Gasteiger partial charge in [0.1, 0.15) is 17.6 Å². The van der Waals surface area contributed by atoms with Crippen molar-refractivity contribution in [2.75, 3.05) is 14.2 Å². The zero-order valence-electron chi connectivity index (χ0n) is 16.0. The Morgan fingerprint density at radius 2 is 2.12 bits per heavy atom. The molecule has 0 amide bonds. The molecular weight excluding hydrogens is 348 g/mol. The second kappa shape index (κ2) is 7.95. The van der Waals surface area contributed by atoms with Crippen molar-refractivity contribution in [3.8, 4) is 11.5 Å². The average Bonchev–Trinajstić information content (AvgIpc) is 3.13. The average molecular weight is 375 g/mol. The van der Waals surface area contributed by atoms with Crippen molar-refractivity contribution < 1.29 is 9.47 Å². The Labute approximate surface area is 158 Å². The predicted octanol–water partition coefficient (Wildman–Crippen LogP) is 2.96. The van der Waals surface area contributed by atoms with Crippen LogP contribution in [0.25, 0.3) is 0 Å². The predicted molar refractivity (Wildman–Crippen MR) is 105 cm³/mol. The van der Waals surface area contributed by atoms with E-state index in [1.54, 1.807) is 25.5 Å². The molecule has 1 aromatic carbocycles. The highest BCUT2D eigenvalue weighted by Crippen LogP contribution is 2.34. The minimum atomic E-state index is 0.221. The van der Waals surface area contributed by atoms with Gasteiger partial charge >= 0.3 is 0 Å². The molecule has 3 rings (SSSR count). The van der Waals surface area contributed by atoms with Crippen molar-refractivity contribution in [3.05, 3.63) is 38.8 Å². The topological polar surface area (TPSA) is 67.8 Å². The van der Waals surface area contributed by atoms with Crippen molar-refractivity contribution in [1.29, 1.82) is 0 Å². The maximum absolute atomic E-state index is 5.87. The molecule has 0 spiro atoms. The lowest BCUT2D eigenvalue weighted by molar-refractivity contribution is 0.254. The number of rotatable bonds is 5. The van der Waals surface area contributed by atoms with E-state index in [2.05, 4.69) is 39.7 Å². The van der Waals surface area contributed by atoms with Crippen LogP contribution in [0.2, 0.25) is 0 Å². The number of aliphatic imine (C=N–C) groups is 1. The zero-order chi connectivity index (χ0) is 18.7. The minimum absolute atomic E-state index is 0.221. The first-order chi connectivity index (χ1) is 12.5. The number of aryl methyl sites for hydroxylation is 2. The molecule has 0 aliphatic carbocycles. The van der Waals surface area contributed by atoms with Gasteiger partial charge < -0.3 is 20.1 Å².